The first-order chi connectivity index (χ1) is 13.2. The van der Waals surface area contributed by atoms with Crippen LogP contribution in [0.4, 0.5) is 5.82 Å². The quantitative estimate of drug-likeness (QED) is 0.629. The van der Waals surface area contributed by atoms with Crippen LogP contribution in [-0.2, 0) is 14.2 Å². The van der Waals surface area contributed by atoms with Crippen LogP contribution in [0.2, 0.25) is 0 Å². The van der Waals surface area contributed by atoms with Gasteiger partial charge in [-0.3, -0.25) is 0 Å². The minimum absolute atomic E-state index is 0.105. The molecule has 2 aliphatic rings. The standard InChI is InChI=1S/C22H38N2O3S/c1-16(2)22(20(4,5)6)21(14-25-7,15-26-12-18-8-9-18)24(10-11-27-22)19-13-28-17(3)23-19/h13,16,18H,8-12,14-15H2,1-7H3. The molecule has 6 heteroatoms. The maximum absolute atomic E-state index is 6.77. The SMILES string of the molecule is COCC1(COCC2CC2)N(c2csc(C)n2)CCOC1(C(C)C)C(C)(C)C. The van der Waals surface area contributed by atoms with Crippen molar-refractivity contribution in [2.45, 2.75) is 65.5 Å². The molecule has 28 heavy (non-hydrogen) atoms. The largest absolute Gasteiger partial charge is 0.382 e. The number of rotatable bonds is 8. The van der Waals surface area contributed by atoms with E-state index in [-0.39, 0.29) is 11.3 Å². The third-order valence-electron chi connectivity index (χ3n) is 6.44. The van der Waals surface area contributed by atoms with E-state index < -0.39 is 11.1 Å². The third kappa shape index (κ3) is 3.73. The second-order valence-corrected chi connectivity index (χ2v) is 10.9. The van der Waals surface area contributed by atoms with Crippen LogP contribution >= 0.6 is 11.3 Å². The molecule has 1 aliphatic carbocycles. The molecule has 2 atom stereocenters. The first-order valence-electron chi connectivity index (χ1n) is 10.6. The monoisotopic (exact) mass is 410 g/mol. The van der Waals surface area contributed by atoms with Crippen molar-refractivity contribution in [2.24, 2.45) is 17.3 Å². The van der Waals surface area contributed by atoms with Gasteiger partial charge >= 0.3 is 0 Å². The van der Waals surface area contributed by atoms with Crippen molar-refractivity contribution in [3.8, 4) is 0 Å². The molecule has 0 N–H and O–H groups in total. The van der Waals surface area contributed by atoms with Crippen molar-refractivity contribution in [1.82, 2.24) is 4.98 Å². The second kappa shape index (κ2) is 8.21. The van der Waals surface area contributed by atoms with Crippen molar-refractivity contribution in [2.75, 3.05) is 45.0 Å². The summed E-state index contributed by atoms with van der Waals surface area (Å²) in [6.07, 6.45) is 2.58. The molecule has 1 saturated heterocycles. The fraction of sp³-hybridized carbons (Fsp3) is 0.864. The average Bonchev–Trinajstić information content (AvgIpc) is 3.33. The molecule has 1 aliphatic heterocycles. The summed E-state index contributed by atoms with van der Waals surface area (Å²) in [5.41, 5.74) is -0.983. The lowest BCUT2D eigenvalue weighted by Crippen LogP contribution is -2.79. The molecule has 1 aromatic rings. The van der Waals surface area contributed by atoms with Crippen molar-refractivity contribution in [3.63, 3.8) is 0 Å². The normalized spacial score (nSPS) is 28.9. The van der Waals surface area contributed by atoms with Gasteiger partial charge < -0.3 is 19.1 Å². The smallest absolute Gasteiger partial charge is 0.140 e. The topological polar surface area (TPSA) is 43.8 Å². The number of ether oxygens (including phenoxy) is 3. The Bertz CT molecular complexity index is 652. The molecule has 0 radical (unpaired) electrons. The lowest BCUT2D eigenvalue weighted by Gasteiger charge is -2.64. The van der Waals surface area contributed by atoms with E-state index in [0.717, 1.165) is 29.9 Å². The fourth-order valence-corrected chi connectivity index (χ4v) is 6.07. The van der Waals surface area contributed by atoms with E-state index in [0.29, 0.717) is 19.8 Å². The molecule has 160 valence electrons. The van der Waals surface area contributed by atoms with Gasteiger partial charge in [0.05, 0.1) is 24.8 Å². The number of methoxy groups -OCH3 is 1. The van der Waals surface area contributed by atoms with Gasteiger partial charge in [0.25, 0.3) is 0 Å². The van der Waals surface area contributed by atoms with Crippen molar-refractivity contribution in [1.29, 1.82) is 0 Å². The van der Waals surface area contributed by atoms with Crippen LogP contribution in [0.5, 0.6) is 0 Å². The van der Waals surface area contributed by atoms with Gasteiger partial charge in [0.2, 0.25) is 0 Å². The molecular formula is C22H38N2O3S. The fourth-order valence-electron chi connectivity index (χ4n) is 5.47. The Hall–Kier alpha value is -0.690. The zero-order valence-corrected chi connectivity index (χ0v) is 19.5. The molecular weight excluding hydrogens is 372 g/mol. The van der Waals surface area contributed by atoms with Crippen LogP contribution in [0.3, 0.4) is 0 Å². The second-order valence-electron chi connectivity index (χ2n) is 9.79. The van der Waals surface area contributed by atoms with Gasteiger partial charge in [-0.15, -0.1) is 11.3 Å². The maximum Gasteiger partial charge on any atom is 0.140 e. The van der Waals surface area contributed by atoms with E-state index in [2.05, 4.69) is 51.8 Å². The summed E-state index contributed by atoms with van der Waals surface area (Å²) < 4.78 is 19.0. The minimum atomic E-state index is -0.443. The predicted octanol–water partition coefficient (Wildman–Crippen LogP) is 4.54. The van der Waals surface area contributed by atoms with Gasteiger partial charge in [0, 0.05) is 25.6 Å². The molecule has 0 amide bonds. The number of aromatic nitrogens is 1. The highest BCUT2D eigenvalue weighted by molar-refractivity contribution is 7.09. The number of thiazole rings is 1. The Morgan fingerprint density at radius 2 is 2.04 bits per heavy atom. The van der Waals surface area contributed by atoms with Gasteiger partial charge in [-0.1, -0.05) is 34.6 Å². The Balaban J connectivity index is 2.11. The lowest BCUT2D eigenvalue weighted by molar-refractivity contribution is -0.231. The molecule has 0 spiro atoms. The van der Waals surface area contributed by atoms with Crippen LogP contribution in [0.25, 0.3) is 0 Å². The molecule has 0 aromatic carbocycles. The van der Waals surface area contributed by atoms with Crippen LogP contribution in [-0.4, -0.2) is 56.2 Å². The van der Waals surface area contributed by atoms with Crippen LogP contribution in [0, 0.1) is 24.2 Å². The van der Waals surface area contributed by atoms with Crippen molar-refractivity contribution in [3.05, 3.63) is 10.4 Å². The zero-order valence-electron chi connectivity index (χ0n) is 18.7. The van der Waals surface area contributed by atoms with Crippen LogP contribution in [0.1, 0.15) is 52.5 Å². The molecule has 1 saturated carbocycles. The Labute approximate surface area is 174 Å². The van der Waals surface area contributed by atoms with Crippen molar-refractivity contribution >= 4 is 17.2 Å². The zero-order chi connectivity index (χ0) is 20.6. The van der Waals surface area contributed by atoms with Crippen LogP contribution < -0.4 is 4.90 Å². The van der Waals surface area contributed by atoms with E-state index >= 15 is 0 Å². The van der Waals surface area contributed by atoms with Crippen LogP contribution in [0.15, 0.2) is 5.38 Å². The molecule has 1 aromatic heterocycles. The summed E-state index contributed by atoms with van der Waals surface area (Å²) in [6, 6.07) is 0. The van der Waals surface area contributed by atoms with Gasteiger partial charge in [-0.05, 0) is 37.0 Å². The summed E-state index contributed by atoms with van der Waals surface area (Å²) in [7, 11) is 1.79. The highest BCUT2D eigenvalue weighted by Crippen LogP contribution is 2.53. The maximum atomic E-state index is 6.77. The Morgan fingerprint density at radius 3 is 2.54 bits per heavy atom. The van der Waals surface area contributed by atoms with Gasteiger partial charge in [-0.2, -0.15) is 0 Å². The Morgan fingerprint density at radius 1 is 1.32 bits per heavy atom. The van der Waals surface area contributed by atoms with Gasteiger partial charge in [0.1, 0.15) is 17.0 Å². The number of morpholine rings is 1. The van der Waals surface area contributed by atoms with E-state index in [1.165, 1.54) is 12.8 Å². The van der Waals surface area contributed by atoms with E-state index in [1.54, 1.807) is 18.4 Å². The summed E-state index contributed by atoms with van der Waals surface area (Å²) >= 11 is 1.70. The summed E-state index contributed by atoms with van der Waals surface area (Å²) in [4.78, 5) is 7.28. The summed E-state index contributed by atoms with van der Waals surface area (Å²) in [6.45, 7) is 16.9. The molecule has 2 unspecified atom stereocenters. The number of anilines is 1. The highest BCUT2D eigenvalue weighted by Gasteiger charge is 2.65. The predicted molar refractivity (Wildman–Crippen MR) is 115 cm³/mol. The summed E-state index contributed by atoms with van der Waals surface area (Å²) in [5, 5.41) is 3.25. The van der Waals surface area contributed by atoms with Crippen molar-refractivity contribution < 1.29 is 14.2 Å². The first-order valence-corrected chi connectivity index (χ1v) is 11.5. The van der Waals surface area contributed by atoms with Gasteiger partial charge in [0.15, 0.2) is 0 Å². The summed E-state index contributed by atoms with van der Waals surface area (Å²) in [5.74, 6) is 2.03. The van der Waals surface area contributed by atoms with E-state index in [1.807, 2.05) is 0 Å². The molecule has 2 heterocycles. The van der Waals surface area contributed by atoms with Gasteiger partial charge in [-0.25, -0.2) is 4.98 Å². The molecule has 3 rings (SSSR count). The third-order valence-corrected chi connectivity index (χ3v) is 7.20. The minimum Gasteiger partial charge on any atom is -0.382 e. The highest BCUT2D eigenvalue weighted by atomic mass is 32.1. The van der Waals surface area contributed by atoms with E-state index in [9.17, 15) is 0 Å². The number of hydrogen-bond acceptors (Lipinski definition) is 6. The molecule has 2 fully saturated rings. The Kier molecular flexibility index (Phi) is 6.45. The first kappa shape index (κ1) is 22.0. The molecule has 5 nitrogen and oxygen atoms in total. The lowest BCUT2D eigenvalue weighted by atomic mass is 9.58. The number of aryl methyl sites for hydroxylation is 1. The molecule has 0 bridgehead atoms. The average molecular weight is 411 g/mol. The number of nitrogens with zero attached hydrogens (tertiary/aromatic N) is 2. The number of hydrogen-bond donors (Lipinski definition) is 0. The van der Waals surface area contributed by atoms with E-state index in [4.69, 9.17) is 19.2 Å².